The molecule has 2 N–H and O–H groups in total. The minimum absolute atomic E-state index is 0.0600. The van der Waals surface area contributed by atoms with E-state index < -0.39 is 0 Å². The van der Waals surface area contributed by atoms with Gasteiger partial charge < -0.3 is 10.6 Å². The predicted octanol–water partition coefficient (Wildman–Crippen LogP) is 3.08. The van der Waals surface area contributed by atoms with Crippen LogP contribution in [0.25, 0.3) is 0 Å². The minimum Gasteiger partial charge on any atom is -0.374 e. The number of halogens is 1. The number of hydrogen-bond acceptors (Lipinski definition) is 2. The molecule has 1 fully saturated rings. The van der Waals surface area contributed by atoms with E-state index in [0.717, 1.165) is 12.8 Å². The molecule has 4 heteroatoms. The van der Waals surface area contributed by atoms with E-state index in [-0.39, 0.29) is 24.3 Å². The van der Waals surface area contributed by atoms with Gasteiger partial charge in [0.2, 0.25) is 5.91 Å². The molecule has 1 saturated carbocycles. The van der Waals surface area contributed by atoms with Crippen molar-refractivity contribution in [3.8, 4) is 0 Å². The molecular formula is C15H21FN2O. The van der Waals surface area contributed by atoms with Crippen LogP contribution in [-0.2, 0) is 4.79 Å². The average Bonchev–Trinajstić information content (AvgIpc) is 2.66. The fourth-order valence-corrected chi connectivity index (χ4v) is 2.48. The van der Waals surface area contributed by atoms with Crippen LogP contribution in [0.3, 0.4) is 0 Å². The normalized spacial score (nSPS) is 16.7. The van der Waals surface area contributed by atoms with Crippen LogP contribution in [0.2, 0.25) is 0 Å². The summed E-state index contributed by atoms with van der Waals surface area (Å²) >= 11 is 0. The number of amides is 1. The number of rotatable bonds is 4. The van der Waals surface area contributed by atoms with Crippen molar-refractivity contribution in [1.29, 1.82) is 0 Å². The predicted molar refractivity (Wildman–Crippen MR) is 74.5 cm³/mol. The van der Waals surface area contributed by atoms with Crippen molar-refractivity contribution in [1.82, 2.24) is 5.32 Å². The summed E-state index contributed by atoms with van der Waals surface area (Å²) in [6, 6.07) is 6.68. The Morgan fingerprint density at radius 1 is 1.16 bits per heavy atom. The number of hydrogen-bond donors (Lipinski definition) is 2. The average molecular weight is 264 g/mol. The molecule has 1 aromatic rings. The molecule has 19 heavy (non-hydrogen) atoms. The van der Waals surface area contributed by atoms with E-state index in [1.807, 2.05) is 0 Å². The van der Waals surface area contributed by atoms with E-state index >= 15 is 0 Å². The number of benzene rings is 1. The van der Waals surface area contributed by atoms with Gasteiger partial charge in [0.15, 0.2) is 0 Å². The van der Waals surface area contributed by atoms with Crippen molar-refractivity contribution in [2.45, 2.75) is 44.6 Å². The summed E-state index contributed by atoms with van der Waals surface area (Å²) in [6.45, 7) is 0.122. The van der Waals surface area contributed by atoms with Crippen molar-refractivity contribution >= 4 is 11.6 Å². The fraction of sp³-hybridized carbons (Fsp3) is 0.533. The van der Waals surface area contributed by atoms with Gasteiger partial charge in [-0.25, -0.2) is 4.39 Å². The zero-order chi connectivity index (χ0) is 13.5. The Hall–Kier alpha value is -1.58. The number of anilines is 1. The molecule has 0 atom stereocenters. The highest BCUT2D eigenvalue weighted by Crippen LogP contribution is 2.17. The molecule has 0 saturated heterocycles. The Kier molecular flexibility index (Phi) is 5.19. The summed E-state index contributed by atoms with van der Waals surface area (Å²) < 4.78 is 13.4. The summed E-state index contributed by atoms with van der Waals surface area (Å²) in [5, 5.41) is 5.86. The highest BCUT2D eigenvalue weighted by Gasteiger charge is 2.14. The van der Waals surface area contributed by atoms with Crippen LogP contribution in [0.4, 0.5) is 10.1 Å². The molecule has 0 heterocycles. The van der Waals surface area contributed by atoms with Crippen LogP contribution in [0.15, 0.2) is 24.3 Å². The molecule has 3 nitrogen and oxygen atoms in total. The van der Waals surface area contributed by atoms with E-state index in [0.29, 0.717) is 5.69 Å². The molecule has 0 bridgehead atoms. The molecule has 1 aliphatic carbocycles. The fourth-order valence-electron chi connectivity index (χ4n) is 2.48. The standard InChI is InChI=1S/C15H21FN2O/c16-13-9-5-6-10-14(13)17-11-15(19)18-12-7-3-1-2-4-8-12/h5-6,9-10,12,17H,1-4,7-8,11H2,(H,18,19). The third kappa shape index (κ3) is 4.54. The molecule has 2 rings (SSSR count). The van der Waals surface area contributed by atoms with Crippen molar-refractivity contribution < 1.29 is 9.18 Å². The van der Waals surface area contributed by atoms with Gasteiger partial charge in [-0.15, -0.1) is 0 Å². The maximum atomic E-state index is 13.4. The molecule has 0 radical (unpaired) electrons. The maximum Gasteiger partial charge on any atom is 0.239 e. The van der Waals surface area contributed by atoms with Crippen LogP contribution in [-0.4, -0.2) is 18.5 Å². The van der Waals surface area contributed by atoms with E-state index in [4.69, 9.17) is 0 Å². The van der Waals surface area contributed by atoms with E-state index in [1.165, 1.54) is 31.7 Å². The number of carbonyl (C=O) groups excluding carboxylic acids is 1. The van der Waals surface area contributed by atoms with Gasteiger partial charge in [-0.05, 0) is 25.0 Å². The van der Waals surface area contributed by atoms with E-state index in [1.54, 1.807) is 18.2 Å². The van der Waals surface area contributed by atoms with Gasteiger partial charge in [0.1, 0.15) is 5.82 Å². The molecule has 1 amide bonds. The maximum absolute atomic E-state index is 13.4. The topological polar surface area (TPSA) is 41.1 Å². The Bertz CT molecular complexity index is 414. The first-order valence-electron chi connectivity index (χ1n) is 7.03. The van der Waals surface area contributed by atoms with Gasteiger partial charge in [-0.2, -0.15) is 0 Å². The SMILES string of the molecule is O=C(CNc1ccccc1F)NC1CCCCCC1. The van der Waals surface area contributed by atoms with Crippen LogP contribution in [0, 0.1) is 5.82 Å². The van der Waals surface area contributed by atoms with Gasteiger partial charge in [0.05, 0.1) is 12.2 Å². The number of para-hydroxylation sites is 1. The Balaban J connectivity index is 1.76. The second kappa shape index (κ2) is 7.12. The quantitative estimate of drug-likeness (QED) is 0.821. The molecule has 0 aliphatic heterocycles. The molecular weight excluding hydrogens is 243 g/mol. The van der Waals surface area contributed by atoms with Gasteiger partial charge in [-0.3, -0.25) is 4.79 Å². The lowest BCUT2D eigenvalue weighted by Crippen LogP contribution is -2.38. The summed E-state index contributed by atoms with van der Waals surface area (Å²) in [4.78, 5) is 11.8. The largest absolute Gasteiger partial charge is 0.374 e. The van der Waals surface area contributed by atoms with Crippen LogP contribution < -0.4 is 10.6 Å². The minimum atomic E-state index is -0.329. The Morgan fingerprint density at radius 2 is 1.84 bits per heavy atom. The highest BCUT2D eigenvalue weighted by atomic mass is 19.1. The number of carbonyl (C=O) groups is 1. The molecule has 1 aliphatic rings. The Morgan fingerprint density at radius 3 is 2.53 bits per heavy atom. The second-order valence-electron chi connectivity index (χ2n) is 5.09. The molecule has 0 unspecified atom stereocenters. The van der Waals surface area contributed by atoms with Crippen molar-refractivity contribution in [2.24, 2.45) is 0 Å². The zero-order valence-corrected chi connectivity index (χ0v) is 11.1. The first-order chi connectivity index (χ1) is 9.25. The lowest BCUT2D eigenvalue weighted by Gasteiger charge is -2.16. The first kappa shape index (κ1) is 13.8. The van der Waals surface area contributed by atoms with Crippen molar-refractivity contribution in [3.05, 3.63) is 30.1 Å². The molecule has 0 spiro atoms. The summed E-state index contributed by atoms with van der Waals surface area (Å²) in [7, 11) is 0. The zero-order valence-electron chi connectivity index (χ0n) is 11.1. The van der Waals surface area contributed by atoms with Crippen LogP contribution in [0.1, 0.15) is 38.5 Å². The Labute approximate surface area is 113 Å². The summed E-state index contributed by atoms with van der Waals surface area (Å²) in [6.07, 6.45) is 7.02. The summed E-state index contributed by atoms with van der Waals surface area (Å²) in [5.74, 6) is -0.389. The molecule has 1 aromatic carbocycles. The summed E-state index contributed by atoms with van der Waals surface area (Å²) in [5.41, 5.74) is 0.374. The van der Waals surface area contributed by atoms with Gasteiger partial charge in [0.25, 0.3) is 0 Å². The monoisotopic (exact) mass is 264 g/mol. The van der Waals surface area contributed by atoms with Gasteiger partial charge in [0, 0.05) is 6.04 Å². The van der Waals surface area contributed by atoms with E-state index in [2.05, 4.69) is 10.6 Å². The third-order valence-electron chi connectivity index (χ3n) is 3.53. The van der Waals surface area contributed by atoms with Gasteiger partial charge >= 0.3 is 0 Å². The van der Waals surface area contributed by atoms with Crippen LogP contribution in [0.5, 0.6) is 0 Å². The van der Waals surface area contributed by atoms with Crippen molar-refractivity contribution in [2.75, 3.05) is 11.9 Å². The highest BCUT2D eigenvalue weighted by molar-refractivity contribution is 5.81. The smallest absolute Gasteiger partial charge is 0.239 e. The number of nitrogens with one attached hydrogen (secondary N) is 2. The van der Waals surface area contributed by atoms with Crippen LogP contribution >= 0.6 is 0 Å². The first-order valence-corrected chi connectivity index (χ1v) is 7.03. The van der Waals surface area contributed by atoms with Gasteiger partial charge in [-0.1, -0.05) is 37.8 Å². The lowest BCUT2D eigenvalue weighted by molar-refractivity contribution is -0.120. The van der Waals surface area contributed by atoms with Crippen molar-refractivity contribution in [3.63, 3.8) is 0 Å². The van der Waals surface area contributed by atoms with E-state index in [9.17, 15) is 9.18 Å². The molecule has 104 valence electrons. The third-order valence-corrected chi connectivity index (χ3v) is 3.53. The molecule has 0 aromatic heterocycles. The second-order valence-corrected chi connectivity index (χ2v) is 5.09. The lowest BCUT2D eigenvalue weighted by atomic mass is 10.1.